The molecule has 0 aromatic rings. The van der Waals surface area contributed by atoms with E-state index in [-0.39, 0.29) is 12.4 Å². The Morgan fingerprint density at radius 3 is 2.80 bits per heavy atom. The van der Waals surface area contributed by atoms with Crippen LogP contribution in [0.2, 0.25) is 0 Å². The van der Waals surface area contributed by atoms with E-state index in [9.17, 15) is 4.79 Å². The van der Waals surface area contributed by atoms with Crippen LogP contribution in [0.5, 0.6) is 0 Å². The molecule has 0 unspecified atom stereocenters. The highest BCUT2D eigenvalue weighted by atomic mass is 35.5. The maximum Gasteiger partial charge on any atom is 0.225 e. The van der Waals surface area contributed by atoms with Crippen molar-refractivity contribution in [3.8, 4) is 0 Å². The number of hydrazine groups is 1. The molecule has 0 atom stereocenters. The molecule has 1 aliphatic rings. The average Bonchev–Trinajstić information content (AvgIpc) is 1.91. The number of allylic oxidation sites excluding steroid dienone is 2. The van der Waals surface area contributed by atoms with Crippen molar-refractivity contribution in [2.75, 3.05) is 6.54 Å². The highest BCUT2D eigenvalue weighted by molar-refractivity contribution is 5.85. The molecule has 4 heteroatoms. The van der Waals surface area contributed by atoms with Crippen LogP contribution in [0.15, 0.2) is 24.4 Å². The van der Waals surface area contributed by atoms with E-state index >= 15 is 0 Å². The fraction of sp³-hybridized carbons (Fsp3) is 0.167. The van der Waals surface area contributed by atoms with Crippen molar-refractivity contribution in [2.45, 2.75) is 0 Å². The van der Waals surface area contributed by atoms with Crippen LogP contribution in [0.1, 0.15) is 0 Å². The summed E-state index contributed by atoms with van der Waals surface area (Å²) in [6, 6.07) is 0. The molecule has 0 saturated carbocycles. The van der Waals surface area contributed by atoms with E-state index in [1.54, 1.807) is 11.2 Å². The zero-order valence-corrected chi connectivity index (χ0v) is 6.17. The quantitative estimate of drug-likeness (QED) is 0.596. The molecule has 3 nitrogen and oxygen atoms in total. The number of rotatable bonds is 2. The number of hydrogen-bond acceptors (Lipinski definition) is 2. The number of halogens is 1. The molecule has 10 heavy (non-hydrogen) atoms. The van der Waals surface area contributed by atoms with Gasteiger partial charge in [-0.3, -0.25) is 15.2 Å². The van der Waals surface area contributed by atoms with Crippen LogP contribution in [0.3, 0.4) is 0 Å². The molecule has 0 spiro atoms. The van der Waals surface area contributed by atoms with Crippen LogP contribution in [0, 0.1) is 0 Å². The minimum absolute atomic E-state index is 0. The zero-order chi connectivity index (χ0) is 6.53. The molecule has 1 N–H and O–H groups in total. The first-order chi connectivity index (χ1) is 4.43. The molecule has 56 valence electrons. The van der Waals surface area contributed by atoms with Gasteiger partial charge in [0, 0.05) is 6.20 Å². The predicted octanol–water partition coefficient (Wildman–Crippen LogP) is 0.455. The molecule has 0 radical (unpaired) electrons. The van der Waals surface area contributed by atoms with Gasteiger partial charge in [0.05, 0.1) is 6.54 Å². The summed E-state index contributed by atoms with van der Waals surface area (Å²) < 4.78 is 0. The van der Waals surface area contributed by atoms with Gasteiger partial charge in [0.15, 0.2) is 0 Å². The summed E-state index contributed by atoms with van der Waals surface area (Å²) in [5.74, 6) is 0. The summed E-state index contributed by atoms with van der Waals surface area (Å²) in [7, 11) is 0. The van der Waals surface area contributed by atoms with Crippen LogP contribution in [0.4, 0.5) is 0 Å². The number of carbonyl (C=O) groups excluding carboxylic acids is 1. The van der Waals surface area contributed by atoms with E-state index in [1.807, 2.05) is 18.2 Å². The largest absolute Gasteiger partial charge is 0.289 e. The number of hydrogen-bond donors (Lipinski definition) is 1. The molecule has 1 aliphatic heterocycles. The van der Waals surface area contributed by atoms with E-state index in [1.165, 1.54) is 0 Å². The van der Waals surface area contributed by atoms with Crippen LogP contribution in [-0.2, 0) is 4.79 Å². The summed E-state index contributed by atoms with van der Waals surface area (Å²) >= 11 is 0. The third-order valence-corrected chi connectivity index (χ3v) is 1.03. The minimum atomic E-state index is 0. The van der Waals surface area contributed by atoms with Gasteiger partial charge >= 0.3 is 0 Å². The smallest absolute Gasteiger partial charge is 0.225 e. The van der Waals surface area contributed by atoms with Gasteiger partial charge in [-0.15, -0.1) is 12.4 Å². The van der Waals surface area contributed by atoms with Crippen molar-refractivity contribution >= 4 is 18.8 Å². The SMILES string of the molecule is Cl.O=CNN1C=CC=CC1. The van der Waals surface area contributed by atoms with Crippen molar-refractivity contribution in [1.82, 2.24) is 10.4 Å². The maximum absolute atomic E-state index is 9.86. The van der Waals surface area contributed by atoms with Gasteiger partial charge in [0.25, 0.3) is 0 Å². The van der Waals surface area contributed by atoms with E-state index in [4.69, 9.17) is 0 Å². The molecular weight excluding hydrogens is 152 g/mol. The first-order valence-electron chi connectivity index (χ1n) is 2.73. The number of nitrogens with zero attached hydrogens (tertiary/aromatic N) is 1. The highest BCUT2D eigenvalue weighted by Gasteiger charge is 1.93. The Hall–Kier alpha value is -0.960. The first-order valence-corrected chi connectivity index (χ1v) is 2.73. The molecule has 0 saturated heterocycles. The molecule has 0 aliphatic carbocycles. The van der Waals surface area contributed by atoms with Gasteiger partial charge in [-0.1, -0.05) is 12.2 Å². The van der Waals surface area contributed by atoms with Crippen LogP contribution < -0.4 is 5.43 Å². The lowest BCUT2D eigenvalue weighted by molar-refractivity contribution is -0.112. The van der Waals surface area contributed by atoms with Gasteiger partial charge in [-0.2, -0.15) is 0 Å². The van der Waals surface area contributed by atoms with Crippen LogP contribution in [-0.4, -0.2) is 18.0 Å². The summed E-state index contributed by atoms with van der Waals surface area (Å²) in [6.07, 6.45) is 8.21. The molecule has 1 rings (SSSR count). The Kier molecular flexibility index (Phi) is 4.41. The Labute approximate surface area is 65.8 Å². The second-order valence-electron chi connectivity index (χ2n) is 1.67. The summed E-state index contributed by atoms with van der Waals surface area (Å²) in [4.78, 5) is 9.86. The third-order valence-electron chi connectivity index (χ3n) is 1.03. The predicted molar refractivity (Wildman–Crippen MR) is 41.4 cm³/mol. The monoisotopic (exact) mass is 160 g/mol. The lowest BCUT2D eigenvalue weighted by Crippen LogP contribution is -2.32. The zero-order valence-electron chi connectivity index (χ0n) is 5.36. The fourth-order valence-electron chi connectivity index (χ4n) is 0.631. The lowest BCUT2D eigenvalue weighted by Gasteiger charge is -2.17. The van der Waals surface area contributed by atoms with Crippen LogP contribution >= 0.6 is 12.4 Å². The third kappa shape index (κ3) is 2.55. The summed E-state index contributed by atoms with van der Waals surface area (Å²) in [5, 5.41) is 1.69. The van der Waals surface area contributed by atoms with E-state index in [2.05, 4.69) is 5.43 Å². The van der Waals surface area contributed by atoms with E-state index < -0.39 is 0 Å². The van der Waals surface area contributed by atoms with E-state index in [0.29, 0.717) is 6.41 Å². The van der Waals surface area contributed by atoms with Crippen molar-refractivity contribution in [3.05, 3.63) is 24.4 Å². The Balaban J connectivity index is 0.000000810. The van der Waals surface area contributed by atoms with Gasteiger partial charge in [0.1, 0.15) is 0 Å². The summed E-state index contributed by atoms with van der Waals surface area (Å²) in [5.41, 5.74) is 2.50. The number of nitrogens with one attached hydrogen (secondary N) is 1. The van der Waals surface area contributed by atoms with Gasteiger partial charge in [-0.25, -0.2) is 0 Å². The normalized spacial score (nSPS) is 14.2. The molecule has 1 amide bonds. The van der Waals surface area contributed by atoms with E-state index in [0.717, 1.165) is 6.54 Å². The molecule has 0 aromatic carbocycles. The van der Waals surface area contributed by atoms with Crippen molar-refractivity contribution in [2.24, 2.45) is 0 Å². The maximum atomic E-state index is 9.86. The Morgan fingerprint density at radius 1 is 1.50 bits per heavy atom. The molecule has 1 heterocycles. The van der Waals surface area contributed by atoms with Gasteiger partial charge < -0.3 is 0 Å². The molecular formula is C6H9ClN2O. The molecule has 0 aromatic heterocycles. The fourth-order valence-corrected chi connectivity index (χ4v) is 0.631. The standard InChI is InChI=1S/C6H8N2O.ClH/c9-6-7-8-4-2-1-3-5-8;/h1-4,6H,5H2,(H,7,9);1H. The first kappa shape index (κ1) is 9.04. The van der Waals surface area contributed by atoms with Crippen molar-refractivity contribution in [1.29, 1.82) is 0 Å². The molecule has 0 bridgehead atoms. The Bertz CT molecular complexity index is 154. The molecule has 0 fully saturated rings. The lowest BCUT2D eigenvalue weighted by atomic mass is 10.4. The minimum Gasteiger partial charge on any atom is -0.289 e. The number of amides is 1. The Morgan fingerprint density at radius 2 is 2.30 bits per heavy atom. The van der Waals surface area contributed by atoms with Crippen molar-refractivity contribution in [3.63, 3.8) is 0 Å². The topological polar surface area (TPSA) is 32.3 Å². The summed E-state index contributed by atoms with van der Waals surface area (Å²) in [6.45, 7) is 0.745. The second kappa shape index (κ2) is 4.88. The number of carbonyl (C=O) groups is 1. The van der Waals surface area contributed by atoms with Crippen LogP contribution in [0.25, 0.3) is 0 Å². The highest BCUT2D eigenvalue weighted by Crippen LogP contribution is 1.91. The van der Waals surface area contributed by atoms with Crippen molar-refractivity contribution < 1.29 is 4.79 Å². The average molecular weight is 161 g/mol. The van der Waals surface area contributed by atoms with Gasteiger partial charge in [-0.05, 0) is 6.08 Å². The van der Waals surface area contributed by atoms with Gasteiger partial charge in [0.2, 0.25) is 6.41 Å². The second-order valence-corrected chi connectivity index (χ2v) is 1.67.